The zero-order chi connectivity index (χ0) is 5.72. The van der Waals surface area contributed by atoms with Crippen molar-refractivity contribution < 1.29 is 0 Å². The zero-order valence-corrected chi connectivity index (χ0v) is 4.60. The number of hydrogen-bond donors (Lipinski definition) is 1. The normalized spacial score (nSPS) is 40.0. The summed E-state index contributed by atoms with van der Waals surface area (Å²) in [4.78, 5) is 0. The summed E-state index contributed by atoms with van der Waals surface area (Å²) in [5.41, 5.74) is 2.22. The molecule has 1 aliphatic carbocycles. The zero-order valence-electron chi connectivity index (χ0n) is 4.60. The molecule has 8 heavy (non-hydrogen) atoms. The van der Waals surface area contributed by atoms with Crippen LogP contribution < -0.4 is 5.32 Å². The predicted octanol–water partition coefficient (Wildman–Crippen LogP) is 0.180. The Morgan fingerprint density at radius 3 is 2.62 bits per heavy atom. The van der Waals surface area contributed by atoms with Crippen LogP contribution in [0, 0.1) is 11.3 Å². The lowest BCUT2D eigenvalue weighted by atomic mass is 9.91. The van der Waals surface area contributed by atoms with Crippen LogP contribution in [0.4, 0.5) is 0 Å². The van der Waals surface area contributed by atoms with E-state index in [0.29, 0.717) is 12.1 Å². The molecule has 0 saturated carbocycles. The third kappa shape index (κ3) is 0.247. The summed E-state index contributed by atoms with van der Waals surface area (Å²) < 4.78 is 0. The first-order valence-electron chi connectivity index (χ1n) is 2.71. The van der Waals surface area contributed by atoms with Gasteiger partial charge in [0.2, 0.25) is 0 Å². The molecule has 0 amide bonds. The summed E-state index contributed by atoms with van der Waals surface area (Å²) in [5.74, 6) is 0. The van der Waals surface area contributed by atoms with Gasteiger partial charge in [0.1, 0.15) is 0 Å². The highest BCUT2D eigenvalue weighted by molar-refractivity contribution is 5.54. The van der Waals surface area contributed by atoms with Gasteiger partial charge >= 0.3 is 0 Å². The first kappa shape index (κ1) is 4.11. The maximum atomic E-state index is 8.41. The fourth-order valence-electron chi connectivity index (χ4n) is 1.24. The van der Waals surface area contributed by atoms with Crippen LogP contribution in [0.25, 0.3) is 0 Å². The Morgan fingerprint density at radius 1 is 1.62 bits per heavy atom. The molecule has 2 atom stereocenters. The van der Waals surface area contributed by atoms with Crippen molar-refractivity contribution in [2.75, 3.05) is 0 Å². The minimum absolute atomic E-state index is 0.458. The van der Waals surface area contributed by atoms with Crippen LogP contribution in [0.2, 0.25) is 0 Å². The second-order valence-electron chi connectivity index (χ2n) is 2.33. The van der Waals surface area contributed by atoms with Gasteiger partial charge in [0.05, 0.1) is 18.2 Å². The van der Waals surface area contributed by atoms with Gasteiger partial charge in [-0.1, -0.05) is 0 Å². The lowest BCUT2D eigenvalue weighted by Gasteiger charge is -2.08. The summed E-state index contributed by atoms with van der Waals surface area (Å²) in [6.07, 6.45) is 0. The van der Waals surface area contributed by atoms with Gasteiger partial charge in [0, 0.05) is 5.57 Å². The smallest absolute Gasteiger partial charge is 0.0964 e. The Hall–Kier alpha value is -0.810. The molecule has 0 bridgehead atoms. The number of nitriles is 1. The average molecular weight is 106 g/mol. The molecule has 2 aliphatic rings. The van der Waals surface area contributed by atoms with E-state index in [1.54, 1.807) is 0 Å². The van der Waals surface area contributed by atoms with Crippen molar-refractivity contribution in [3.05, 3.63) is 11.1 Å². The highest BCUT2D eigenvalue weighted by atomic mass is 15.2. The first-order chi connectivity index (χ1) is 3.84. The maximum absolute atomic E-state index is 8.41. The molecule has 1 aliphatic heterocycles. The molecule has 40 valence electrons. The van der Waals surface area contributed by atoms with Gasteiger partial charge in [0.25, 0.3) is 0 Å². The van der Waals surface area contributed by atoms with Crippen LogP contribution in [0.3, 0.4) is 0 Å². The number of hydrogen-bond acceptors (Lipinski definition) is 2. The lowest BCUT2D eigenvalue weighted by Crippen LogP contribution is -2.12. The highest BCUT2D eigenvalue weighted by Gasteiger charge is 2.50. The Morgan fingerprint density at radius 2 is 2.38 bits per heavy atom. The van der Waals surface area contributed by atoms with E-state index < -0.39 is 0 Å². The van der Waals surface area contributed by atoms with Crippen LogP contribution in [-0.4, -0.2) is 12.1 Å². The monoisotopic (exact) mass is 106 g/mol. The highest BCUT2D eigenvalue weighted by Crippen LogP contribution is 2.38. The number of nitrogens with zero attached hydrogens (tertiary/aromatic N) is 1. The second-order valence-corrected chi connectivity index (χ2v) is 2.33. The van der Waals surface area contributed by atoms with E-state index in [4.69, 9.17) is 5.26 Å². The molecule has 2 heteroatoms. The summed E-state index contributed by atoms with van der Waals surface area (Å²) in [5, 5.41) is 11.6. The van der Waals surface area contributed by atoms with Crippen molar-refractivity contribution in [1.29, 1.82) is 5.26 Å². The summed E-state index contributed by atoms with van der Waals surface area (Å²) in [7, 11) is 0. The van der Waals surface area contributed by atoms with Crippen LogP contribution in [-0.2, 0) is 0 Å². The van der Waals surface area contributed by atoms with Crippen molar-refractivity contribution in [2.45, 2.75) is 19.0 Å². The van der Waals surface area contributed by atoms with Gasteiger partial charge in [-0.15, -0.1) is 0 Å². The Bertz CT molecular complexity index is 209. The average Bonchev–Trinajstić information content (AvgIpc) is 2.44. The van der Waals surface area contributed by atoms with Crippen molar-refractivity contribution >= 4 is 0 Å². The molecule has 0 aromatic heterocycles. The van der Waals surface area contributed by atoms with E-state index in [2.05, 4.69) is 11.4 Å². The van der Waals surface area contributed by atoms with Crippen LogP contribution in [0.1, 0.15) is 6.92 Å². The summed E-state index contributed by atoms with van der Waals surface area (Å²) in [6.45, 7) is 2.01. The minimum atomic E-state index is 0.458. The Labute approximate surface area is 47.8 Å². The molecule has 1 N–H and O–H groups in total. The lowest BCUT2D eigenvalue weighted by molar-refractivity contribution is 0.966. The van der Waals surface area contributed by atoms with Gasteiger partial charge in [-0.2, -0.15) is 5.26 Å². The van der Waals surface area contributed by atoms with Crippen molar-refractivity contribution in [3.8, 4) is 6.07 Å². The fraction of sp³-hybridized carbons (Fsp3) is 0.500. The molecule has 1 fully saturated rings. The van der Waals surface area contributed by atoms with Gasteiger partial charge < -0.3 is 0 Å². The van der Waals surface area contributed by atoms with Crippen LogP contribution in [0.5, 0.6) is 0 Å². The molecular formula is C6H6N2. The van der Waals surface area contributed by atoms with Gasteiger partial charge in [-0.05, 0) is 12.5 Å². The van der Waals surface area contributed by atoms with E-state index in [9.17, 15) is 0 Å². The van der Waals surface area contributed by atoms with Gasteiger partial charge in [-0.3, -0.25) is 5.32 Å². The fourth-order valence-corrected chi connectivity index (χ4v) is 1.24. The largest absolute Gasteiger partial charge is 0.299 e. The SMILES string of the molecule is CC1=C(C#N)C2NC12. The van der Waals surface area contributed by atoms with Crippen molar-refractivity contribution in [3.63, 3.8) is 0 Å². The van der Waals surface area contributed by atoms with E-state index >= 15 is 0 Å². The van der Waals surface area contributed by atoms with E-state index in [1.807, 2.05) is 6.92 Å². The molecule has 0 radical (unpaired) electrons. The molecule has 1 heterocycles. The van der Waals surface area contributed by atoms with Crippen LogP contribution >= 0.6 is 0 Å². The van der Waals surface area contributed by atoms with E-state index in [-0.39, 0.29) is 0 Å². The standard InChI is InChI=1S/C6H6N2/c1-3-4(2-7)6-5(3)8-6/h5-6,8H,1H3. The Kier molecular flexibility index (Phi) is 0.492. The summed E-state index contributed by atoms with van der Waals surface area (Å²) >= 11 is 0. The van der Waals surface area contributed by atoms with E-state index in [1.165, 1.54) is 5.57 Å². The first-order valence-corrected chi connectivity index (χ1v) is 2.71. The number of rotatable bonds is 0. The Balaban J connectivity index is 2.38. The minimum Gasteiger partial charge on any atom is -0.299 e. The third-order valence-electron chi connectivity index (χ3n) is 1.91. The third-order valence-corrected chi connectivity index (χ3v) is 1.91. The molecular weight excluding hydrogens is 100 g/mol. The van der Waals surface area contributed by atoms with Gasteiger partial charge in [0.15, 0.2) is 0 Å². The van der Waals surface area contributed by atoms with E-state index in [0.717, 1.165) is 5.57 Å². The molecule has 1 saturated heterocycles. The second kappa shape index (κ2) is 0.958. The molecule has 0 aromatic carbocycles. The maximum Gasteiger partial charge on any atom is 0.0964 e. The van der Waals surface area contributed by atoms with Crippen LogP contribution in [0.15, 0.2) is 11.1 Å². The van der Waals surface area contributed by atoms with Crippen molar-refractivity contribution in [1.82, 2.24) is 5.32 Å². The van der Waals surface area contributed by atoms with Crippen molar-refractivity contribution in [2.24, 2.45) is 0 Å². The molecule has 2 rings (SSSR count). The predicted molar refractivity (Wildman–Crippen MR) is 29.0 cm³/mol. The number of nitrogens with one attached hydrogen (secondary N) is 1. The molecule has 0 spiro atoms. The quantitative estimate of drug-likeness (QED) is 0.448. The molecule has 2 nitrogen and oxygen atoms in total. The van der Waals surface area contributed by atoms with Gasteiger partial charge in [-0.25, -0.2) is 0 Å². The topological polar surface area (TPSA) is 45.7 Å². The molecule has 0 aromatic rings. The summed E-state index contributed by atoms with van der Waals surface area (Å²) in [6, 6.07) is 3.21. The molecule has 2 unspecified atom stereocenters. The number of fused-ring (bicyclic) bond motifs is 1.